The van der Waals surface area contributed by atoms with Crippen molar-refractivity contribution in [1.82, 2.24) is 4.90 Å². The Morgan fingerprint density at radius 1 is 1.23 bits per heavy atom. The van der Waals surface area contributed by atoms with E-state index in [1.54, 1.807) is 20.8 Å². The standard InChI is InChI=1S/C24H43NO6/c1-14(13-26)10-15(2)20(12-21-18(5)22(27)31-24(6,7)30-21)29-23-17(4)19(25(8)9)11-16(3)28-23/h14-17,19-20,23,26H,10-13H2,1-9H3/t14-,15+,16-,17-,19?,20-,23+/m1/s1. The Bertz CT molecular complexity index is 646. The smallest absolute Gasteiger partial charge is 0.340 e. The van der Waals surface area contributed by atoms with Crippen molar-refractivity contribution in [3.8, 4) is 0 Å². The van der Waals surface area contributed by atoms with Crippen LogP contribution in [0.2, 0.25) is 0 Å². The molecule has 0 aliphatic carbocycles. The number of nitrogens with zero attached hydrogens (tertiary/aromatic N) is 1. The van der Waals surface area contributed by atoms with E-state index in [0.29, 0.717) is 23.8 Å². The minimum atomic E-state index is -1.00. The summed E-state index contributed by atoms with van der Waals surface area (Å²) in [6.07, 6.45) is 1.75. The van der Waals surface area contributed by atoms with E-state index in [0.717, 1.165) is 12.8 Å². The van der Waals surface area contributed by atoms with Gasteiger partial charge >= 0.3 is 5.97 Å². The van der Waals surface area contributed by atoms with E-state index in [2.05, 4.69) is 39.8 Å². The fraction of sp³-hybridized carbons (Fsp3) is 0.875. The predicted molar refractivity (Wildman–Crippen MR) is 119 cm³/mol. The lowest BCUT2D eigenvalue weighted by molar-refractivity contribution is -0.256. The molecule has 0 aromatic heterocycles. The Hall–Kier alpha value is -1.15. The molecule has 180 valence electrons. The highest BCUT2D eigenvalue weighted by Crippen LogP contribution is 2.35. The summed E-state index contributed by atoms with van der Waals surface area (Å²) in [5.74, 6) is -0.265. The van der Waals surface area contributed by atoms with Crippen LogP contribution in [0.5, 0.6) is 0 Å². The summed E-state index contributed by atoms with van der Waals surface area (Å²) in [6.45, 7) is 13.7. The Balaban J connectivity index is 2.26. The molecule has 0 bridgehead atoms. The summed E-state index contributed by atoms with van der Waals surface area (Å²) >= 11 is 0. The first-order valence-corrected chi connectivity index (χ1v) is 11.5. The van der Waals surface area contributed by atoms with Crippen molar-refractivity contribution >= 4 is 5.97 Å². The van der Waals surface area contributed by atoms with Crippen molar-refractivity contribution < 1.29 is 28.8 Å². The molecule has 7 atom stereocenters. The maximum atomic E-state index is 12.3. The van der Waals surface area contributed by atoms with E-state index in [9.17, 15) is 9.90 Å². The zero-order valence-electron chi connectivity index (χ0n) is 20.8. The van der Waals surface area contributed by atoms with Crippen molar-refractivity contribution in [2.75, 3.05) is 20.7 Å². The molecule has 2 rings (SSSR count). The average molecular weight is 442 g/mol. The van der Waals surface area contributed by atoms with Crippen LogP contribution in [-0.4, -0.2) is 67.0 Å². The van der Waals surface area contributed by atoms with Crippen molar-refractivity contribution in [2.24, 2.45) is 17.8 Å². The first-order chi connectivity index (χ1) is 14.3. The molecule has 1 fully saturated rings. The fourth-order valence-corrected chi connectivity index (χ4v) is 4.58. The molecule has 0 aromatic rings. The van der Waals surface area contributed by atoms with Crippen molar-refractivity contribution in [2.45, 2.75) is 98.1 Å². The van der Waals surface area contributed by atoms with Gasteiger partial charge in [0.2, 0.25) is 5.79 Å². The van der Waals surface area contributed by atoms with Crippen LogP contribution in [0.25, 0.3) is 0 Å². The van der Waals surface area contributed by atoms with E-state index in [4.69, 9.17) is 18.9 Å². The van der Waals surface area contributed by atoms with Crippen LogP contribution in [0, 0.1) is 17.8 Å². The number of carbonyl (C=O) groups excluding carboxylic acids is 1. The maximum Gasteiger partial charge on any atom is 0.340 e. The SMILES string of the molecule is CC1=C(C[C@@H](O[C@@H]2O[C@H](C)CC(N(C)C)[C@H]2C)[C@@H](C)C[C@@H](C)CO)OC(C)(C)OC1=O. The first-order valence-electron chi connectivity index (χ1n) is 11.5. The van der Waals surface area contributed by atoms with Crippen molar-refractivity contribution in [3.05, 3.63) is 11.3 Å². The largest absolute Gasteiger partial charge is 0.457 e. The predicted octanol–water partition coefficient (Wildman–Crippen LogP) is 3.70. The third-order valence-electron chi connectivity index (χ3n) is 6.49. The molecule has 1 N–H and O–H groups in total. The van der Waals surface area contributed by atoms with Gasteiger partial charge in [0.05, 0.1) is 17.8 Å². The zero-order chi connectivity index (χ0) is 23.5. The van der Waals surface area contributed by atoms with Gasteiger partial charge in [0.25, 0.3) is 0 Å². The Labute approximate surface area is 188 Å². The van der Waals surface area contributed by atoms with E-state index < -0.39 is 5.79 Å². The van der Waals surface area contributed by atoms with Crippen LogP contribution in [0.1, 0.15) is 67.7 Å². The number of aliphatic hydroxyl groups excluding tert-OH is 1. The summed E-state index contributed by atoms with van der Waals surface area (Å²) in [5, 5.41) is 9.56. The zero-order valence-corrected chi connectivity index (χ0v) is 20.8. The molecule has 0 aromatic carbocycles. The van der Waals surface area contributed by atoms with E-state index in [-0.39, 0.29) is 48.8 Å². The Kier molecular flexibility index (Phi) is 8.96. The van der Waals surface area contributed by atoms with Gasteiger partial charge in [-0.3, -0.25) is 0 Å². The molecule has 1 saturated heterocycles. The molecule has 0 saturated carbocycles. The highest BCUT2D eigenvalue weighted by molar-refractivity contribution is 5.89. The second-order valence-electron chi connectivity index (χ2n) is 10.3. The average Bonchev–Trinajstić information content (AvgIpc) is 2.66. The summed E-state index contributed by atoms with van der Waals surface area (Å²) in [5.41, 5.74) is 0.479. The molecule has 1 unspecified atom stereocenters. The molecular weight excluding hydrogens is 398 g/mol. The van der Waals surface area contributed by atoms with Gasteiger partial charge < -0.3 is 29.0 Å². The molecule has 2 heterocycles. The number of ether oxygens (including phenoxy) is 4. The molecule has 0 spiro atoms. The summed E-state index contributed by atoms with van der Waals surface area (Å²) < 4.78 is 24.2. The van der Waals surface area contributed by atoms with Crippen LogP contribution < -0.4 is 0 Å². The third kappa shape index (κ3) is 6.91. The fourth-order valence-electron chi connectivity index (χ4n) is 4.58. The van der Waals surface area contributed by atoms with Gasteiger partial charge in [-0.15, -0.1) is 0 Å². The number of hydrogen-bond acceptors (Lipinski definition) is 7. The number of cyclic esters (lactones) is 1. The second-order valence-corrected chi connectivity index (χ2v) is 10.3. The van der Waals surface area contributed by atoms with E-state index >= 15 is 0 Å². The molecule has 0 amide bonds. The van der Waals surface area contributed by atoms with Crippen LogP contribution in [-0.2, 0) is 23.7 Å². The number of esters is 1. The molecule has 0 radical (unpaired) electrons. The number of hydrogen-bond donors (Lipinski definition) is 1. The molecule has 7 heteroatoms. The van der Waals surface area contributed by atoms with Gasteiger partial charge in [-0.25, -0.2) is 4.79 Å². The van der Waals surface area contributed by atoms with Gasteiger partial charge in [0, 0.05) is 38.8 Å². The number of aliphatic hydroxyl groups is 1. The Morgan fingerprint density at radius 3 is 2.45 bits per heavy atom. The first kappa shape index (κ1) is 26.1. The molecule has 7 nitrogen and oxygen atoms in total. The van der Waals surface area contributed by atoms with Gasteiger partial charge in [-0.2, -0.15) is 0 Å². The minimum absolute atomic E-state index is 0.0988. The quantitative estimate of drug-likeness (QED) is 0.547. The molecular formula is C24H43NO6. The minimum Gasteiger partial charge on any atom is -0.457 e. The summed E-state index contributed by atoms with van der Waals surface area (Å²) in [4.78, 5) is 14.6. The van der Waals surface area contributed by atoms with Crippen LogP contribution in [0.3, 0.4) is 0 Å². The number of carbonyl (C=O) groups is 1. The second kappa shape index (κ2) is 10.6. The van der Waals surface area contributed by atoms with Crippen molar-refractivity contribution in [3.63, 3.8) is 0 Å². The maximum absolute atomic E-state index is 12.3. The monoisotopic (exact) mass is 441 g/mol. The summed E-state index contributed by atoms with van der Waals surface area (Å²) in [6, 6.07) is 0.363. The summed E-state index contributed by atoms with van der Waals surface area (Å²) in [7, 11) is 4.19. The van der Waals surface area contributed by atoms with Crippen LogP contribution in [0.4, 0.5) is 0 Å². The highest BCUT2D eigenvalue weighted by atomic mass is 16.7. The van der Waals surface area contributed by atoms with Crippen molar-refractivity contribution in [1.29, 1.82) is 0 Å². The van der Waals surface area contributed by atoms with Crippen LogP contribution >= 0.6 is 0 Å². The Morgan fingerprint density at radius 2 is 1.87 bits per heavy atom. The number of rotatable bonds is 9. The third-order valence-corrected chi connectivity index (χ3v) is 6.49. The topological polar surface area (TPSA) is 77.5 Å². The lowest BCUT2D eigenvalue weighted by atomic mass is 9.89. The lowest BCUT2D eigenvalue weighted by Gasteiger charge is -2.44. The van der Waals surface area contributed by atoms with Gasteiger partial charge in [-0.05, 0) is 52.6 Å². The highest BCUT2D eigenvalue weighted by Gasteiger charge is 2.40. The normalized spacial score (nSPS) is 31.8. The lowest BCUT2D eigenvalue weighted by Crippen LogP contribution is -2.50. The molecule has 2 aliphatic rings. The van der Waals surface area contributed by atoms with E-state index in [1.807, 2.05) is 6.92 Å². The molecule has 31 heavy (non-hydrogen) atoms. The van der Waals surface area contributed by atoms with Gasteiger partial charge in [-0.1, -0.05) is 20.8 Å². The molecule has 2 aliphatic heterocycles. The van der Waals surface area contributed by atoms with Gasteiger partial charge in [0.1, 0.15) is 5.76 Å². The van der Waals surface area contributed by atoms with Crippen LogP contribution in [0.15, 0.2) is 11.3 Å². The van der Waals surface area contributed by atoms with E-state index in [1.165, 1.54) is 0 Å². The van der Waals surface area contributed by atoms with Gasteiger partial charge in [0.15, 0.2) is 6.29 Å².